The summed E-state index contributed by atoms with van der Waals surface area (Å²) in [5.41, 5.74) is 4.72. The summed E-state index contributed by atoms with van der Waals surface area (Å²) in [6.45, 7) is 3.79. The van der Waals surface area contributed by atoms with Gasteiger partial charge in [0.15, 0.2) is 5.82 Å². The number of pyridine rings is 1. The number of aliphatic imine (C=N–C) groups is 1. The first-order valence-corrected chi connectivity index (χ1v) is 10.3. The number of nitrogens with one attached hydrogen (secondary N) is 1. The molecule has 0 radical (unpaired) electrons. The number of ether oxygens (including phenoxy) is 1. The Morgan fingerprint density at radius 1 is 1.09 bits per heavy atom. The molecule has 2 aromatic carbocycles. The zero-order valence-corrected chi connectivity index (χ0v) is 18.3. The molecule has 7 heteroatoms. The van der Waals surface area contributed by atoms with Crippen molar-refractivity contribution in [1.82, 2.24) is 4.98 Å². The summed E-state index contributed by atoms with van der Waals surface area (Å²) in [5.74, 6) is 0.494. The molecule has 7 nitrogen and oxygen atoms in total. The number of benzene rings is 2. The number of carbonyl (C=O) groups is 2. The molecule has 0 saturated carbocycles. The smallest absolute Gasteiger partial charge is 0.244 e. The normalized spacial score (nSPS) is 13.2. The van der Waals surface area contributed by atoms with Gasteiger partial charge in [0.05, 0.1) is 19.2 Å². The van der Waals surface area contributed by atoms with Crippen LogP contribution in [0.15, 0.2) is 65.8 Å². The molecule has 0 atom stereocenters. The third-order valence-electron chi connectivity index (χ3n) is 5.11. The predicted octanol–water partition coefficient (Wildman–Crippen LogP) is 4.20. The minimum atomic E-state index is -0.301. The Labute approximate surface area is 186 Å². The number of carbonyl (C=O) groups excluding carboxylic acids is 2. The van der Waals surface area contributed by atoms with Crippen LogP contribution in [-0.4, -0.2) is 36.2 Å². The number of hydrogen-bond donors (Lipinski definition) is 1. The number of aryl methyl sites for hydroxylation is 2. The summed E-state index contributed by atoms with van der Waals surface area (Å²) in [5, 5.41) is 2.89. The van der Waals surface area contributed by atoms with Crippen molar-refractivity contribution in [2.75, 3.05) is 23.9 Å². The lowest BCUT2D eigenvalue weighted by atomic mass is 10.1. The van der Waals surface area contributed by atoms with E-state index in [1.165, 1.54) is 4.90 Å². The molecular weight excluding hydrogens is 404 g/mol. The topological polar surface area (TPSA) is 83.9 Å². The second-order valence-corrected chi connectivity index (χ2v) is 7.72. The van der Waals surface area contributed by atoms with Crippen LogP contribution >= 0.6 is 0 Å². The summed E-state index contributed by atoms with van der Waals surface area (Å²) < 4.78 is 5.30. The highest BCUT2D eigenvalue weighted by Crippen LogP contribution is 2.31. The van der Waals surface area contributed by atoms with Crippen molar-refractivity contribution in [1.29, 1.82) is 0 Å². The fourth-order valence-corrected chi connectivity index (χ4v) is 3.75. The van der Waals surface area contributed by atoms with E-state index in [2.05, 4.69) is 10.3 Å². The highest BCUT2D eigenvalue weighted by atomic mass is 16.5. The van der Waals surface area contributed by atoms with E-state index in [1.807, 2.05) is 56.3 Å². The van der Waals surface area contributed by atoms with Crippen LogP contribution in [0.3, 0.4) is 0 Å². The average Bonchev–Trinajstić information content (AvgIpc) is 2.90. The van der Waals surface area contributed by atoms with E-state index in [0.717, 1.165) is 16.7 Å². The van der Waals surface area contributed by atoms with Crippen molar-refractivity contribution in [2.24, 2.45) is 4.99 Å². The van der Waals surface area contributed by atoms with Gasteiger partial charge in [0.2, 0.25) is 11.8 Å². The zero-order chi connectivity index (χ0) is 22.7. The van der Waals surface area contributed by atoms with Gasteiger partial charge >= 0.3 is 0 Å². The molecule has 1 aliphatic heterocycles. The van der Waals surface area contributed by atoms with Gasteiger partial charge < -0.3 is 10.1 Å². The first kappa shape index (κ1) is 21.2. The molecule has 1 aromatic heterocycles. The monoisotopic (exact) mass is 428 g/mol. The Morgan fingerprint density at radius 2 is 1.88 bits per heavy atom. The zero-order valence-electron chi connectivity index (χ0n) is 18.3. The Bertz CT molecular complexity index is 1200. The van der Waals surface area contributed by atoms with Crippen LogP contribution in [0.25, 0.3) is 0 Å². The quantitative estimate of drug-likeness (QED) is 0.660. The average molecular weight is 428 g/mol. The predicted molar refractivity (Wildman–Crippen MR) is 125 cm³/mol. The number of amides is 2. The maximum absolute atomic E-state index is 13.2. The number of aromatic nitrogens is 1. The highest BCUT2D eigenvalue weighted by molar-refractivity contribution is 6.18. The van der Waals surface area contributed by atoms with Gasteiger partial charge in [-0.2, -0.15) is 0 Å². The second kappa shape index (κ2) is 9.01. The standard InChI is InChI=1S/C25H24N4O3/c1-16-10-17(2)12-19(11-16)27-23(30)15-29-24(31)14-22(18-6-4-7-20(13-18)32-3)28-21-8-5-9-26-25(21)29/h4-13H,14-15H2,1-3H3,(H,27,30). The van der Waals surface area contributed by atoms with Gasteiger partial charge in [0.1, 0.15) is 18.0 Å². The van der Waals surface area contributed by atoms with Gasteiger partial charge in [-0.25, -0.2) is 9.98 Å². The lowest BCUT2D eigenvalue weighted by molar-refractivity contribution is -0.120. The maximum atomic E-state index is 13.2. The van der Waals surface area contributed by atoms with Gasteiger partial charge in [0, 0.05) is 17.4 Å². The maximum Gasteiger partial charge on any atom is 0.244 e. The Hall–Kier alpha value is -4.00. The van der Waals surface area contributed by atoms with Gasteiger partial charge in [-0.1, -0.05) is 18.2 Å². The molecular formula is C25H24N4O3. The van der Waals surface area contributed by atoms with Gasteiger partial charge in [0.25, 0.3) is 0 Å². The molecule has 0 aliphatic carbocycles. The van der Waals surface area contributed by atoms with Crippen molar-refractivity contribution in [3.05, 3.63) is 77.5 Å². The van der Waals surface area contributed by atoms with E-state index in [1.54, 1.807) is 25.4 Å². The van der Waals surface area contributed by atoms with Crippen molar-refractivity contribution in [2.45, 2.75) is 20.3 Å². The number of nitrogens with zero attached hydrogens (tertiary/aromatic N) is 3. The Balaban J connectivity index is 1.61. The fraction of sp³-hybridized carbons (Fsp3) is 0.200. The molecule has 0 bridgehead atoms. The van der Waals surface area contributed by atoms with E-state index >= 15 is 0 Å². The van der Waals surface area contributed by atoms with Crippen LogP contribution < -0.4 is 15.0 Å². The SMILES string of the molecule is COc1cccc(C2=Nc3cccnc3N(CC(=O)Nc3cc(C)cc(C)c3)C(=O)C2)c1. The van der Waals surface area contributed by atoms with E-state index in [4.69, 9.17) is 9.73 Å². The molecule has 3 aromatic rings. The molecule has 0 saturated heterocycles. The first-order chi connectivity index (χ1) is 15.4. The molecule has 0 unspecified atom stereocenters. The van der Waals surface area contributed by atoms with E-state index < -0.39 is 0 Å². The Kier molecular flexibility index (Phi) is 5.98. The van der Waals surface area contributed by atoms with E-state index in [9.17, 15) is 9.59 Å². The number of fused-ring (bicyclic) bond motifs is 1. The molecule has 2 heterocycles. The van der Waals surface area contributed by atoms with Crippen LogP contribution in [-0.2, 0) is 9.59 Å². The van der Waals surface area contributed by atoms with Crippen molar-refractivity contribution in [3.8, 4) is 5.75 Å². The largest absolute Gasteiger partial charge is 0.497 e. The second-order valence-electron chi connectivity index (χ2n) is 7.72. The van der Waals surface area contributed by atoms with Crippen molar-refractivity contribution < 1.29 is 14.3 Å². The fourth-order valence-electron chi connectivity index (χ4n) is 3.75. The molecule has 32 heavy (non-hydrogen) atoms. The Morgan fingerprint density at radius 3 is 2.62 bits per heavy atom. The van der Waals surface area contributed by atoms with Crippen molar-refractivity contribution in [3.63, 3.8) is 0 Å². The lowest BCUT2D eigenvalue weighted by Gasteiger charge is -2.20. The minimum absolute atomic E-state index is 0.0420. The summed E-state index contributed by atoms with van der Waals surface area (Å²) >= 11 is 0. The summed E-state index contributed by atoms with van der Waals surface area (Å²) in [7, 11) is 1.59. The molecule has 2 amide bonds. The van der Waals surface area contributed by atoms with Crippen LogP contribution in [0, 0.1) is 13.8 Å². The number of methoxy groups -OCH3 is 1. The number of rotatable bonds is 5. The molecule has 0 fully saturated rings. The number of anilines is 2. The van der Waals surface area contributed by atoms with E-state index in [-0.39, 0.29) is 24.8 Å². The minimum Gasteiger partial charge on any atom is -0.497 e. The molecule has 1 aliphatic rings. The molecule has 1 N–H and O–H groups in total. The highest BCUT2D eigenvalue weighted by Gasteiger charge is 2.28. The molecule has 0 spiro atoms. The third kappa shape index (κ3) is 4.67. The van der Waals surface area contributed by atoms with Crippen LogP contribution in [0.2, 0.25) is 0 Å². The molecule has 162 valence electrons. The number of hydrogen-bond acceptors (Lipinski definition) is 5. The van der Waals surface area contributed by atoms with Crippen LogP contribution in [0.5, 0.6) is 5.75 Å². The first-order valence-electron chi connectivity index (χ1n) is 10.3. The summed E-state index contributed by atoms with van der Waals surface area (Å²) in [4.78, 5) is 36.5. The van der Waals surface area contributed by atoms with Crippen LogP contribution in [0.1, 0.15) is 23.1 Å². The van der Waals surface area contributed by atoms with Crippen LogP contribution in [0.4, 0.5) is 17.2 Å². The van der Waals surface area contributed by atoms with Crippen molar-refractivity contribution >= 4 is 34.7 Å². The van der Waals surface area contributed by atoms with E-state index in [0.29, 0.717) is 28.7 Å². The third-order valence-corrected chi connectivity index (χ3v) is 5.11. The van der Waals surface area contributed by atoms with Gasteiger partial charge in [-0.05, 0) is 61.4 Å². The van der Waals surface area contributed by atoms with Gasteiger partial charge in [-0.15, -0.1) is 0 Å². The summed E-state index contributed by atoms with van der Waals surface area (Å²) in [6, 6.07) is 16.8. The lowest BCUT2D eigenvalue weighted by Crippen LogP contribution is -2.39. The molecule has 4 rings (SSSR count). The summed E-state index contributed by atoms with van der Waals surface area (Å²) in [6.07, 6.45) is 1.63. The van der Waals surface area contributed by atoms with Gasteiger partial charge in [-0.3, -0.25) is 14.5 Å².